The molecule has 2 aromatic heterocycles. The van der Waals surface area contributed by atoms with Crippen LogP contribution in [0.15, 0.2) is 46.9 Å². The van der Waals surface area contributed by atoms with Crippen LogP contribution in [0.2, 0.25) is 0 Å². The van der Waals surface area contributed by atoms with Gasteiger partial charge in [-0.15, -0.1) is 0 Å². The lowest BCUT2D eigenvalue weighted by atomic mass is 9.91. The first kappa shape index (κ1) is 30.7. The molecule has 0 saturated heterocycles. The molecule has 0 aliphatic heterocycles. The molecule has 1 aliphatic carbocycles. The largest absolute Gasteiger partial charge is 0.437 e. The first-order valence-corrected chi connectivity index (χ1v) is 13.8. The molecule has 44 heavy (non-hydrogen) atoms. The Morgan fingerprint density at radius 2 is 1.73 bits per heavy atom. The van der Waals surface area contributed by atoms with Crippen LogP contribution in [0, 0.1) is 35.8 Å². The number of benzene rings is 2. The molecule has 1 fully saturated rings. The van der Waals surface area contributed by atoms with Gasteiger partial charge in [0.2, 0.25) is 5.71 Å². The van der Waals surface area contributed by atoms with Gasteiger partial charge < -0.3 is 15.1 Å². The van der Waals surface area contributed by atoms with E-state index in [4.69, 9.17) is 4.42 Å². The van der Waals surface area contributed by atoms with E-state index in [1.165, 1.54) is 32.2 Å². The van der Waals surface area contributed by atoms with Crippen LogP contribution in [0.1, 0.15) is 58.2 Å². The molecule has 12 heteroatoms. The molecule has 0 bridgehead atoms. The zero-order valence-corrected chi connectivity index (χ0v) is 24.0. The van der Waals surface area contributed by atoms with Gasteiger partial charge in [-0.3, -0.25) is 9.59 Å². The normalized spacial score (nSPS) is 14.6. The predicted octanol–water partition coefficient (Wildman–Crippen LogP) is 7.03. The van der Waals surface area contributed by atoms with Crippen LogP contribution in [-0.2, 0) is 6.42 Å². The van der Waals surface area contributed by atoms with Crippen molar-refractivity contribution in [2.24, 2.45) is 5.92 Å². The SMILES string of the molecule is CNC(=O)c1c(-c2ccc(F)cc2)oc2nc(CCC(F)(F)F)c(-c3cc(F)cc(C(=O)NC(C)(C#N)C4CC4)c3)c(C)c12. The van der Waals surface area contributed by atoms with E-state index < -0.39 is 48.0 Å². The van der Waals surface area contributed by atoms with Crippen LogP contribution >= 0.6 is 0 Å². The highest BCUT2D eigenvalue weighted by atomic mass is 19.4. The Kier molecular flexibility index (Phi) is 7.92. The fourth-order valence-corrected chi connectivity index (χ4v) is 5.39. The van der Waals surface area contributed by atoms with E-state index in [2.05, 4.69) is 21.7 Å². The van der Waals surface area contributed by atoms with Crippen molar-refractivity contribution in [3.8, 4) is 28.5 Å². The number of halogens is 5. The van der Waals surface area contributed by atoms with Crippen LogP contribution in [0.25, 0.3) is 33.6 Å². The van der Waals surface area contributed by atoms with Gasteiger partial charge in [0, 0.05) is 30.2 Å². The van der Waals surface area contributed by atoms with E-state index in [-0.39, 0.29) is 56.3 Å². The first-order chi connectivity index (χ1) is 20.7. The van der Waals surface area contributed by atoms with Crippen molar-refractivity contribution >= 4 is 22.9 Å². The topological polar surface area (TPSA) is 108 Å². The summed E-state index contributed by atoms with van der Waals surface area (Å²) in [5, 5.41) is 15.0. The maximum Gasteiger partial charge on any atom is 0.389 e. The number of nitrogens with zero attached hydrogens (tertiary/aromatic N) is 2. The number of pyridine rings is 1. The summed E-state index contributed by atoms with van der Waals surface area (Å²) < 4.78 is 74.8. The fourth-order valence-electron chi connectivity index (χ4n) is 5.39. The van der Waals surface area contributed by atoms with Crippen molar-refractivity contribution in [1.82, 2.24) is 15.6 Å². The van der Waals surface area contributed by atoms with Crippen LogP contribution in [0.3, 0.4) is 0 Å². The molecule has 1 saturated carbocycles. The number of aryl methyl sites for hydroxylation is 2. The third kappa shape index (κ3) is 6.00. The number of nitriles is 1. The van der Waals surface area contributed by atoms with Crippen molar-refractivity contribution < 1.29 is 36.0 Å². The Bertz CT molecular complexity index is 1820. The Balaban J connectivity index is 1.73. The molecule has 0 spiro atoms. The number of rotatable bonds is 8. The van der Waals surface area contributed by atoms with E-state index in [1.807, 2.05) is 0 Å². The van der Waals surface area contributed by atoms with E-state index >= 15 is 4.39 Å². The average Bonchev–Trinajstić information content (AvgIpc) is 3.76. The number of alkyl halides is 3. The summed E-state index contributed by atoms with van der Waals surface area (Å²) in [5.41, 5.74) is -0.805. The van der Waals surface area contributed by atoms with E-state index in [0.717, 1.165) is 37.1 Å². The van der Waals surface area contributed by atoms with Gasteiger partial charge in [-0.2, -0.15) is 18.4 Å². The predicted molar refractivity (Wildman–Crippen MR) is 152 cm³/mol. The Morgan fingerprint density at radius 3 is 2.32 bits per heavy atom. The van der Waals surface area contributed by atoms with E-state index in [1.54, 1.807) is 6.92 Å². The third-order valence-corrected chi connectivity index (χ3v) is 7.82. The standard InChI is InChI=1S/C32H27F5N4O3/c1-16-24(18-12-19(14-22(34)13-18)28(42)41-31(2,15-38)20-6-7-20)23(10-11-32(35,36)37)40-30-25(16)26(29(43)39-3)27(44-30)17-4-8-21(33)9-5-17/h4-5,8-9,12-14,20H,6-7,10-11H2,1-3H3,(H,39,43)(H,41,42). The van der Waals surface area contributed by atoms with Crippen LogP contribution in [0.4, 0.5) is 22.0 Å². The van der Waals surface area contributed by atoms with Crippen molar-refractivity contribution in [3.63, 3.8) is 0 Å². The molecule has 5 rings (SSSR count). The second kappa shape index (κ2) is 11.4. The smallest absolute Gasteiger partial charge is 0.389 e. The van der Waals surface area contributed by atoms with Gasteiger partial charge in [0.05, 0.1) is 22.7 Å². The molecule has 1 unspecified atom stereocenters. The number of fused-ring (bicyclic) bond motifs is 1. The fraction of sp³-hybridized carbons (Fsp3) is 0.312. The summed E-state index contributed by atoms with van der Waals surface area (Å²) in [7, 11) is 1.38. The lowest BCUT2D eigenvalue weighted by Gasteiger charge is -2.23. The van der Waals surface area contributed by atoms with Crippen LogP contribution < -0.4 is 10.6 Å². The summed E-state index contributed by atoms with van der Waals surface area (Å²) in [6, 6.07) is 10.5. The number of amides is 2. The highest BCUT2D eigenvalue weighted by Gasteiger charge is 2.43. The zero-order valence-electron chi connectivity index (χ0n) is 24.0. The number of hydrogen-bond donors (Lipinski definition) is 2. The average molecular weight is 611 g/mol. The van der Waals surface area contributed by atoms with Gasteiger partial charge in [-0.05, 0) is 92.6 Å². The summed E-state index contributed by atoms with van der Waals surface area (Å²) in [6.45, 7) is 3.12. The van der Waals surface area contributed by atoms with Crippen LogP contribution in [0.5, 0.6) is 0 Å². The molecule has 2 N–H and O–H groups in total. The molecule has 7 nitrogen and oxygen atoms in total. The second-order valence-corrected chi connectivity index (χ2v) is 11.0. The molecule has 2 amide bonds. The molecule has 228 valence electrons. The molecule has 1 aliphatic rings. The Hall–Kier alpha value is -4.79. The number of aromatic nitrogens is 1. The first-order valence-electron chi connectivity index (χ1n) is 13.8. The zero-order chi connectivity index (χ0) is 32.0. The molecule has 1 atom stereocenters. The summed E-state index contributed by atoms with van der Waals surface area (Å²) in [6.07, 6.45) is -4.90. The van der Waals surface area contributed by atoms with Crippen LogP contribution in [-0.4, -0.2) is 35.6 Å². The molecule has 4 aromatic rings. The number of carbonyl (C=O) groups is 2. The minimum atomic E-state index is -4.55. The number of carbonyl (C=O) groups excluding carboxylic acids is 2. The third-order valence-electron chi connectivity index (χ3n) is 7.82. The van der Waals surface area contributed by atoms with Crippen molar-refractivity contribution in [2.75, 3.05) is 7.05 Å². The summed E-state index contributed by atoms with van der Waals surface area (Å²) in [4.78, 5) is 30.7. The van der Waals surface area contributed by atoms with Crippen molar-refractivity contribution in [3.05, 3.63) is 76.5 Å². The molecule has 2 aromatic carbocycles. The lowest BCUT2D eigenvalue weighted by molar-refractivity contribution is -0.134. The lowest BCUT2D eigenvalue weighted by Crippen LogP contribution is -2.46. The number of hydrogen-bond acceptors (Lipinski definition) is 5. The summed E-state index contributed by atoms with van der Waals surface area (Å²) >= 11 is 0. The van der Waals surface area contributed by atoms with E-state index in [0.29, 0.717) is 5.56 Å². The van der Waals surface area contributed by atoms with Gasteiger partial charge >= 0.3 is 6.18 Å². The van der Waals surface area contributed by atoms with Crippen molar-refractivity contribution in [2.45, 2.75) is 51.2 Å². The number of nitrogens with one attached hydrogen (secondary N) is 2. The maximum absolute atomic E-state index is 15.1. The van der Waals surface area contributed by atoms with Gasteiger partial charge in [-0.1, -0.05) is 0 Å². The second-order valence-electron chi connectivity index (χ2n) is 11.0. The Labute approximate surface area is 249 Å². The molecule has 2 heterocycles. The maximum atomic E-state index is 15.1. The monoisotopic (exact) mass is 610 g/mol. The van der Waals surface area contributed by atoms with Gasteiger partial charge in [0.1, 0.15) is 22.9 Å². The van der Waals surface area contributed by atoms with E-state index in [9.17, 15) is 32.4 Å². The van der Waals surface area contributed by atoms with Gasteiger partial charge in [0.15, 0.2) is 0 Å². The molecular formula is C32H27F5N4O3. The highest BCUT2D eigenvalue weighted by molar-refractivity contribution is 6.12. The Morgan fingerprint density at radius 1 is 1.05 bits per heavy atom. The van der Waals surface area contributed by atoms with Crippen molar-refractivity contribution in [1.29, 1.82) is 5.26 Å². The molecule has 0 radical (unpaired) electrons. The summed E-state index contributed by atoms with van der Waals surface area (Å²) in [5.74, 6) is -2.73. The minimum Gasteiger partial charge on any atom is -0.437 e. The highest BCUT2D eigenvalue weighted by Crippen LogP contribution is 2.42. The van der Waals surface area contributed by atoms with Gasteiger partial charge in [-0.25, -0.2) is 13.8 Å². The minimum absolute atomic E-state index is 0.00585. The number of furan rings is 1. The molecular weight excluding hydrogens is 583 g/mol. The quantitative estimate of drug-likeness (QED) is 0.209. The van der Waals surface area contributed by atoms with Gasteiger partial charge in [0.25, 0.3) is 11.8 Å².